The first-order chi connectivity index (χ1) is 13.5. The third-order valence-corrected chi connectivity index (χ3v) is 5.26. The molecule has 0 heterocycles. The van der Waals surface area contributed by atoms with E-state index in [1.54, 1.807) is 0 Å². The highest BCUT2D eigenvalue weighted by atomic mass is 16.5. The molecule has 0 aliphatic carbocycles. The number of aliphatic hydroxyl groups excluding tert-OH is 1. The lowest BCUT2D eigenvalue weighted by Crippen LogP contribution is -2.48. The Morgan fingerprint density at radius 3 is 1.54 bits per heavy atom. The number of esters is 1. The Labute approximate surface area is 173 Å². The van der Waals surface area contributed by atoms with E-state index in [1.807, 2.05) is 0 Å². The number of methoxy groups -OCH3 is 1. The van der Waals surface area contributed by atoms with Crippen LogP contribution in [0.5, 0.6) is 0 Å². The monoisotopic (exact) mass is 399 g/mol. The van der Waals surface area contributed by atoms with Crippen molar-refractivity contribution in [2.24, 2.45) is 0 Å². The van der Waals surface area contributed by atoms with Crippen molar-refractivity contribution in [2.75, 3.05) is 7.11 Å². The molecular formula is C23H45NO4. The van der Waals surface area contributed by atoms with E-state index in [4.69, 9.17) is 0 Å². The molecule has 0 spiro atoms. The molecule has 0 saturated carbocycles. The molecule has 0 radical (unpaired) electrons. The lowest BCUT2D eigenvalue weighted by molar-refractivity contribution is -0.148. The number of carbonyl (C=O) groups excluding carboxylic acids is 2. The summed E-state index contributed by atoms with van der Waals surface area (Å²) in [5, 5.41) is 12.1. The van der Waals surface area contributed by atoms with Crippen LogP contribution in [0.15, 0.2) is 0 Å². The molecule has 0 saturated heterocycles. The highest BCUT2D eigenvalue weighted by Gasteiger charge is 2.25. The highest BCUT2D eigenvalue weighted by Crippen LogP contribution is 2.13. The van der Waals surface area contributed by atoms with Gasteiger partial charge >= 0.3 is 5.97 Å². The average molecular weight is 400 g/mol. The van der Waals surface area contributed by atoms with Crippen LogP contribution < -0.4 is 5.32 Å². The van der Waals surface area contributed by atoms with Gasteiger partial charge < -0.3 is 15.2 Å². The minimum absolute atomic E-state index is 0.203. The molecular weight excluding hydrogens is 354 g/mol. The van der Waals surface area contributed by atoms with Crippen molar-refractivity contribution in [3.05, 3.63) is 0 Å². The molecule has 0 aromatic rings. The van der Waals surface area contributed by atoms with Crippen LogP contribution in [0, 0.1) is 0 Å². The Balaban J connectivity index is 3.43. The molecule has 1 amide bonds. The second-order valence-electron chi connectivity index (χ2n) is 8.01. The van der Waals surface area contributed by atoms with Gasteiger partial charge in [-0.25, -0.2) is 4.79 Å². The topological polar surface area (TPSA) is 75.6 Å². The van der Waals surface area contributed by atoms with Crippen LogP contribution in [-0.2, 0) is 14.3 Å². The van der Waals surface area contributed by atoms with Gasteiger partial charge in [-0.15, -0.1) is 0 Å². The van der Waals surface area contributed by atoms with Crippen LogP contribution in [0.4, 0.5) is 0 Å². The van der Waals surface area contributed by atoms with Crippen LogP contribution in [0.1, 0.15) is 117 Å². The third-order valence-electron chi connectivity index (χ3n) is 5.26. The van der Waals surface area contributed by atoms with E-state index in [9.17, 15) is 14.7 Å². The molecule has 5 heteroatoms. The molecule has 0 bridgehead atoms. The van der Waals surface area contributed by atoms with Crippen molar-refractivity contribution in [1.29, 1.82) is 0 Å². The van der Waals surface area contributed by atoms with Crippen molar-refractivity contribution in [1.82, 2.24) is 5.32 Å². The standard InChI is InChI=1S/C23H45NO4/c1-4-5-6-7-8-9-10-11-12-13-14-15-16-17-18-19-21(26)24-22(20(2)25)23(27)28-3/h20,22,25H,4-19H2,1-3H3,(H,24,26)/t20-,22-/m0/s1. The molecule has 0 fully saturated rings. The Kier molecular flexibility index (Phi) is 18.5. The van der Waals surface area contributed by atoms with E-state index in [2.05, 4.69) is 17.0 Å². The molecule has 5 nitrogen and oxygen atoms in total. The van der Waals surface area contributed by atoms with Crippen LogP contribution in [0.3, 0.4) is 0 Å². The molecule has 0 aliphatic rings. The maximum absolute atomic E-state index is 11.9. The van der Waals surface area contributed by atoms with Gasteiger partial charge in [0, 0.05) is 6.42 Å². The fraction of sp³-hybridized carbons (Fsp3) is 0.913. The first kappa shape index (κ1) is 26.9. The smallest absolute Gasteiger partial charge is 0.331 e. The maximum atomic E-state index is 11.9. The lowest BCUT2D eigenvalue weighted by Gasteiger charge is -2.18. The summed E-state index contributed by atoms with van der Waals surface area (Å²) < 4.78 is 4.59. The Morgan fingerprint density at radius 1 is 0.786 bits per heavy atom. The number of hydrogen-bond acceptors (Lipinski definition) is 4. The zero-order chi connectivity index (χ0) is 21.0. The third kappa shape index (κ3) is 15.9. The van der Waals surface area contributed by atoms with Crippen molar-refractivity contribution in [3.8, 4) is 0 Å². The van der Waals surface area contributed by atoms with E-state index >= 15 is 0 Å². The number of hydrogen-bond donors (Lipinski definition) is 2. The molecule has 0 aromatic carbocycles. The lowest BCUT2D eigenvalue weighted by atomic mass is 10.0. The molecule has 2 N–H and O–H groups in total. The molecule has 166 valence electrons. The maximum Gasteiger partial charge on any atom is 0.331 e. The molecule has 0 unspecified atom stereocenters. The summed E-state index contributed by atoms with van der Waals surface area (Å²) in [4.78, 5) is 23.4. The number of nitrogens with one attached hydrogen (secondary N) is 1. The van der Waals surface area contributed by atoms with Gasteiger partial charge in [0.25, 0.3) is 0 Å². The number of aliphatic hydroxyl groups is 1. The minimum Gasteiger partial charge on any atom is -0.467 e. The molecule has 28 heavy (non-hydrogen) atoms. The Morgan fingerprint density at radius 2 is 1.18 bits per heavy atom. The van der Waals surface area contributed by atoms with E-state index in [0.717, 1.165) is 19.3 Å². The number of carbonyl (C=O) groups is 2. The van der Waals surface area contributed by atoms with E-state index < -0.39 is 18.1 Å². The van der Waals surface area contributed by atoms with Gasteiger partial charge in [-0.3, -0.25) is 4.79 Å². The van der Waals surface area contributed by atoms with Gasteiger partial charge in [-0.05, 0) is 13.3 Å². The van der Waals surface area contributed by atoms with Gasteiger partial charge in [0.15, 0.2) is 6.04 Å². The molecule has 0 rings (SSSR count). The SMILES string of the molecule is CCCCCCCCCCCCCCCCCC(=O)N[C@H](C(=O)OC)[C@H](C)O. The molecule has 0 aromatic heterocycles. The summed E-state index contributed by atoms with van der Waals surface area (Å²) in [5.74, 6) is -0.814. The number of ether oxygens (including phenoxy) is 1. The zero-order valence-electron chi connectivity index (χ0n) is 18.6. The number of rotatable bonds is 19. The quantitative estimate of drug-likeness (QED) is 0.229. The fourth-order valence-corrected chi connectivity index (χ4v) is 3.41. The molecule has 2 atom stereocenters. The van der Waals surface area contributed by atoms with E-state index in [-0.39, 0.29) is 5.91 Å². The summed E-state index contributed by atoms with van der Waals surface area (Å²) >= 11 is 0. The normalized spacial score (nSPS) is 13.1. The predicted octanol–water partition coefficient (Wildman–Crippen LogP) is 5.29. The fourth-order valence-electron chi connectivity index (χ4n) is 3.41. The van der Waals surface area contributed by atoms with Crippen molar-refractivity contribution in [2.45, 2.75) is 129 Å². The first-order valence-electron chi connectivity index (χ1n) is 11.6. The van der Waals surface area contributed by atoms with Gasteiger partial charge in [0.2, 0.25) is 5.91 Å². The van der Waals surface area contributed by atoms with Gasteiger partial charge in [0.05, 0.1) is 13.2 Å². The van der Waals surface area contributed by atoms with Gasteiger partial charge in [0.1, 0.15) is 0 Å². The van der Waals surface area contributed by atoms with Gasteiger partial charge in [-0.2, -0.15) is 0 Å². The van der Waals surface area contributed by atoms with Crippen LogP contribution in [-0.4, -0.2) is 36.2 Å². The second kappa shape index (κ2) is 19.2. The molecule has 0 aliphatic heterocycles. The summed E-state index contributed by atoms with van der Waals surface area (Å²) in [6.45, 7) is 3.73. The summed E-state index contributed by atoms with van der Waals surface area (Å²) in [6.07, 6.45) is 18.7. The number of unbranched alkanes of at least 4 members (excludes halogenated alkanes) is 14. The van der Waals surface area contributed by atoms with E-state index in [1.165, 1.54) is 91.1 Å². The highest BCUT2D eigenvalue weighted by molar-refractivity contribution is 5.84. The summed E-state index contributed by atoms with van der Waals surface area (Å²) in [7, 11) is 1.25. The Hall–Kier alpha value is -1.10. The van der Waals surface area contributed by atoms with E-state index in [0.29, 0.717) is 6.42 Å². The average Bonchev–Trinajstić information content (AvgIpc) is 2.68. The first-order valence-corrected chi connectivity index (χ1v) is 11.6. The minimum atomic E-state index is -0.978. The zero-order valence-corrected chi connectivity index (χ0v) is 18.6. The van der Waals surface area contributed by atoms with Crippen molar-refractivity contribution in [3.63, 3.8) is 0 Å². The van der Waals surface area contributed by atoms with Gasteiger partial charge in [-0.1, -0.05) is 96.8 Å². The van der Waals surface area contributed by atoms with Crippen LogP contribution >= 0.6 is 0 Å². The number of amides is 1. The van der Waals surface area contributed by atoms with Crippen molar-refractivity contribution < 1.29 is 19.4 Å². The largest absolute Gasteiger partial charge is 0.467 e. The van der Waals surface area contributed by atoms with Crippen LogP contribution in [0.25, 0.3) is 0 Å². The van der Waals surface area contributed by atoms with Crippen molar-refractivity contribution >= 4 is 11.9 Å². The predicted molar refractivity (Wildman–Crippen MR) is 115 cm³/mol. The second-order valence-corrected chi connectivity index (χ2v) is 8.01. The van der Waals surface area contributed by atoms with Crippen LogP contribution in [0.2, 0.25) is 0 Å². The summed E-state index contributed by atoms with van der Waals surface area (Å²) in [6, 6.07) is -0.978. The Bertz CT molecular complexity index is 385. The summed E-state index contributed by atoms with van der Waals surface area (Å²) in [5.41, 5.74) is 0.